The second-order valence-corrected chi connectivity index (χ2v) is 8.32. The molecule has 0 aliphatic rings. The van der Waals surface area contributed by atoms with E-state index in [0.29, 0.717) is 5.52 Å². The number of aryl methyl sites for hydroxylation is 1. The van der Waals surface area contributed by atoms with Gasteiger partial charge in [-0.05, 0) is 30.3 Å². The summed E-state index contributed by atoms with van der Waals surface area (Å²) in [6, 6.07) is 7.72. The maximum atomic E-state index is 13.1. The summed E-state index contributed by atoms with van der Waals surface area (Å²) in [5.74, 6) is -2.23. The molecule has 0 unspecified atom stereocenters. The Hall–Kier alpha value is -2.65. The van der Waals surface area contributed by atoms with E-state index in [2.05, 4.69) is 5.32 Å². The second-order valence-electron chi connectivity index (χ2n) is 5.80. The molecular formula is C17H14ClFN2O5S. The van der Waals surface area contributed by atoms with Crippen LogP contribution in [0.5, 0.6) is 0 Å². The van der Waals surface area contributed by atoms with Gasteiger partial charge < -0.3 is 9.73 Å². The van der Waals surface area contributed by atoms with E-state index < -0.39 is 33.1 Å². The average molecular weight is 413 g/mol. The van der Waals surface area contributed by atoms with E-state index in [1.165, 1.54) is 41.9 Å². The lowest BCUT2D eigenvalue weighted by molar-refractivity contribution is -0.115. The van der Waals surface area contributed by atoms with Gasteiger partial charge in [0, 0.05) is 25.2 Å². The number of carbonyl (C=O) groups is 1. The molecule has 7 nitrogen and oxygen atoms in total. The van der Waals surface area contributed by atoms with E-state index in [4.69, 9.17) is 16.0 Å². The van der Waals surface area contributed by atoms with Crippen molar-refractivity contribution in [3.05, 3.63) is 57.8 Å². The third kappa shape index (κ3) is 4.04. The number of carbonyl (C=O) groups excluding carboxylic acids is 1. The van der Waals surface area contributed by atoms with E-state index in [-0.39, 0.29) is 27.6 Å². The Bertz CT molecular complexity index is 1200. The highest BCUT2D eigenvalue weighted by atomic mass is 35.5. The summed E-state index contributed by atoms with van der Waals surface area (Å²) in [5.41, 5.74) is 0.871. The van der Waals surface area contributed by atoms with Crippen LogP contribution in [0.25, 0.3) is 11.1 Å². The minimum absolute atomic E-state index is 0.0537. The summed E-state index contributed by atoms with van der Waals surface area (Å²) in [5, 5.41) is 2.30. The number of halogens is 2. The number of nitrogens with zero attached hydrogens (tertiary/aromatic N) is 1. The third-order valence-electron chi connectivity index (χ3n) is 3.92. The molecule has 10 heteroatoms. The average Bonchev–Trinajstić information content (AvgIpc) is 2.90. The van der Waals surface area contributed by atoms with Crippen LogP contribution in [0.3, 0.4) is 0 Å². The molecule has 0 bridgehead atoms. The first kappa shape index (κ1) is 19.1. The highest BCUT2D eigenvalue weighted by Crippen LogP contribution is 2.21. The molecule has 1 aromatic heterocycles. The largest absolute Gasteiger partial charge is 0.419 e. The highest BCUT2D eigenvalue weighted by molar-refractivity contribution is 7.91. The summed E-state index contributed by atoms with van der Waals surface area (Å²) in [4.78, 5) is 23.4. The maximum Gasteiger partial charge on any atom is 0.419 e. The van der Waals surface area contributed by atoms with Gasteiger partial charge in [-0.3, -0.25) is 9.36 Å². The van der Waals surface area contributed by atoms with Crippen molar-refractivity contribution in [3.8, 4) is 0 Å². The normalized spacial score (nSPS) is 11.7. The zero-order valence-corrected chi connectivity index (χ0v) is 15.6. The Kier molecular flexibility index (Phi) is 5.07. The quantitative estimate of drug-likeness (QED) is 0.694. The molecule has 1 N–H and O–H groups in total. The number of aromatic nitrogens is 1. The molecular weight excluding hydrogens is 399 g/mol. The van der Waals surface area contributed by atoms with Gasteiger partial charge in [0.2, 0.25) is 5.91 Å². The predicted molar refractivity (Wildman–Crippen MR) is 98.2 cm³/mol. The molecule has 1 amide bonds. The van der Waals surface area contributed by atoms with Crippen LogP contribution in [0.1, 0.15) is 6.42 Å². The van der Waals surface area contributed by atoms with Gasteiger partial charge in [0.15, 0.2) is 15.4 Å². The molecule has 0 radical (unpaired) electrons. The molecule has 0 spiro atoms. The molecule has 0 aliphatic carbocycles. The summed E-state index contributed by atoms with van der Waals surface area (Å²) < 4.78 is 44.2. The number of hydrogen-bond donors (Lipinski definition) is 1. The number of anilines is 1. The number of rotatable bonds is 5. The molecule has 1 heterocycles. The Morgan fingerprint density at radius 3 is 2.70 bits per heavy atom. The fourth-order valence-corrected chi connectivity index (χ4v) is 3.88. The van der Waals surface area contributed by atoms with Crippen LogP contribution in [-0.4, -0.2) is 24.6 Å². The van der Waals surface area contributed by atoms with Gasteiger partial charge in [0.05, 0.1) is 21.2 Å². The molecule has 27 heavy (non-hydrogen) atoms. The van der Waals surface area contributed by atoms with Crippen molar-refractivity contribution < 1.29 is 22.0 Å². The lowest BCUT2D eigenvalue weighted by Gasteiger charge is -2.07. The van der Waals surface area contributed by atoms with Crippen LogP contribution in [0, 0.1) is 5.82 Å². The molecule has 142 valence electrons. The minimum atomic E-state index is -3.78. The van der Waals surface area contributed by atoms with Crippen molar-refractivity contribution in [2.75, 3.05) is 11.1 Å². The molecule has 0 fully saturated rings. The molecule has 0 saturated heterocycles. The monoisotopic (exact) mass is 412 g/mol. The zero-order chi connectivity index (χ0) is 19.8. The number of benzene rings is 2. The number of amides is 1. The van der Waals surface area contributed by atoms with Crippen LogP contribution in [-0.2, 0) is 21.7 Å². The molecule has 2 aromatic carbocycles. The lowest BCUT2D eigenvalue weighted by Crippen LogP contribution is -2.17. The Labute approximate surface area is 158 Å². The second kappa shape index (κ2) is 7.16. The van der Waals surface area contributed by atoms with E-state index in [1.54, 1.807) is 0 Å². The molecule has 0 atom stereocenters. The van der Waals surface area contributed by atoms with Gasteiger partial charge in [-0.1, -0.05) is 11.6 Å². The van der Waals surface area contributed by atoms with Crippen molar-refractivity contribution in [1.29, 1.82) is 0 Å². The van der Waals surface area contributed by atoms with Gasteiger partial charge in [-0.2, -0.15) is 0 Å². The van der Waals surface area contributed by atoms with Crippen molar-refractivity contribution in [2.45, 2.75) is 11.3 Å². The number of oxazole rings is 1. The molecule has 3 rings (SSSR count). The molecule has 3 aromatic rings. The van der Waals surface area contributed by atoms with Crippen LogP contribution in [0.2, 0.25) is 5.02 Å². The number of hydrogen-bond acceptors (Lipinski definition) is 5. The van der Waals surface area contributed by atoms with Crippen LogP contribution in [0.4, 0.5) is 10.1 Å². The van der Waals surface area contributed by atoms with Gasteiger partial charge in [0.25, 0.3) is 0 Å². The van der Waals surface area contributed by atoms with Gasteiger partial charge >= 0.3 is 5.76 Å². The van der Waals surface area contributed by atoms with E-state index in [9.17, 15) is 22.4 Å². The summed E-state index contributed by atoms with van der Waals surface area (Å²) in [7, 11) is -2.27. The summed E-state index contributed by atoms with van der Waals surface area (Å²) in [6.07, 6.45) is -0.311. The fraction of sp³-hybridized carbons (Fsp3) is 0.176. The Balaban J connectivity index is 1.71. The Morgan fingerprint density at radius 2 is 2.00 bits per heavy atom. The first-order chi connectivity index (χ1) is 12.7. The predicted octanol–water partition coefficient (Wildman–Crippen LogP) is 2.73. The Morgan fingerprint density at radius 1 is 1.26 bits per heavy atom. The standard InChI is InChI=1S/C17H14ClFN2O5S/c1-21-14-5-3-11(9-15(14)26-17(21)23)27(24,25)7-6-16(22)20-10-2-4-13(19)12(18)8-10/h2-5,8-9H,6-7H2,1H3,(H,20,22). The number of sulfone groups is 1. The SMILES string of the molecule is Cn1c(=O)oc2cc(S(=O)(=O)CCC(=O)Nc3ccc(F)c(Cl)c3)ccc21. The minimum Gasteiger partial charge on any atom is -0.408 e. The van der Waals surface area contributed by atoms with Crippen LogP contribution >= 0.6 is 11.6 Å². The topological polar surface area (TPSA) is 98.4 Å². The fourth-order valence-electron chi connectivity index (χ4n) is 2.45. The lowest BCUT2D eigenvalue weighted by atomic mass is 10.3. The summed E-state index contributed by atoms with van der Waals surface area (Å²) >= 11 is 5.63. The zero-order valence-electron chi connectivity index (χ0n) is 14.0. The van der Waals surface area contributed by atoms with Gasteiger partial charge in [-0.15, -0.1) is 0 Å². The third-order valence-corrected chi connectivity index (χ3v) is 5.93. The van der Waals surface area contributed by atoms with E-state index in [1.807, 2.05) is 0 Å². The van der Waals surface area contributed by atoms with Crippen LogP contribution in [0.15, 0.2) is 50.5 Å². The summed E-state index contributed by atoms with van der Waals surface area (Å²) in [6.45, 7) is 0. The van der Waals surface area contributed by atoms with Crippen molar-refractivity contribution in [2.24, 2.45) is 7.05 Å². The first-order valence-electron chi connectivity index (χ1n) is 7.74. The molecule has 0 aliphatic heterocycles. The van der Waals surface area contributed by atoms with Gasteiger partial charge in [-0.25, -0.2) is 17.6 Å². The maximum absolute atomic E-state index is 13.1. The first-order valence-corrected chi connectivity index (χ1v) is 9.77. The van der Waals surface area contributed by atoms with E-state index in [0.717, 1.165) is 6.07 Å². The van der Waals surface area contributed by atoms with Gasteiger partial charge in [0.1, 0.15) is 5.82 Å². The number of fused-ring (bicyclic) bond motifs is 1. The molecule has 0 saturated carbocycles. The number of nitrogens with one attached hydrogen (secondary N) is 1. The smallest absolute Gasteiger partial charge is 0.408 e. The van der Waals surface area contributed by atoms with Crippen LogP contribution < -0.4 is 11.1 Å². The highest BCUT2D eigenvalue weighted by Gasteiger charge is 2.19. The van der Waals surface area contributed by atoms with E-state index >= 15 is 0 Å². The van der Waals surface area contributed by atoms with Crippen molar-refractivity contribution in [1.82, 2.24) is 4.57 Å². The van der Waals surface area contributed by atoms with Crippen molar-refractivity contribution in [3.63, 3.8) is 0 Å². The van der Waals surface area contributed by atoms with Crippen molar-refractivity contribution >= 4 is 44.1 Å².